The maximum Gasteiger partial charge on any atom is 0.338 e. The van der Waals surface area contributed by atoms with Gasteiger partial charge in [-0.2, -0.15) is 0 Å². The van der Waals surface area contributed by atoms with Crippen molar-refractivity contribution in [2.75, 3.05) is 21.1 Å². The third kappa shape index (κ3) is 7.21. The van der Waals surface area contributed by atoms with Crippen molar-refractivity contribution in [3.05, 3.63) is 78.4 Å². The highest BCUT2D eigenvalue weighted by Gasteiger charge is 2.33. The number of esters is 1. The Morgan fingerprint density at radius 1 is 1.27 bits per heavy atom. The molecule has 2 unspecified atom stereocenters. The van der Waals surface area contributed by atoms with E-state index in [2.05, 4.69) is 13.2 Å². The molecule has 0 aliphatic rings. The van der Waals surface area contributed by atoms with E-state index in [4.69, 9.17) is 4.74 Å². The van der Waals surface area contributed by atoms with Gasteiger partial charge in [0.1, 0.15) is 6.10 Å². The van der Waals surface area contributed by atoms with Crippen LogP contribution in [0.2, 0.25) is 0 Å². The topological polar surface area (TPSA) is 46.5 Å². The van der Waals surface area contributed by atoms with E-state index in [1.165, 1.54) is 0 Å². The Bertz CT molecular complexity index is 694. The van der Waals surface area contributed by atoms with Crippen LogP contribution in [-0.2, 0) is 16.0 Å². The summed E-state index contributed by atoms with van der Waals surface area (Å²) < 4.78 is 5.80. The fraction of sp³-hybridized carbons (Fsp3) is 0.318. The van der Waals surface area contributed by atoms with Crippen LogP contribution in [0.3, 0.4) is 0 Å². The molecule has 4 nitrogen and oxygen atoms in total. The average Bonchev–Trinajstić information content (AvgIpc) is 2.55. The molecule has 0 spiro atoms. The van der Waals surface area contributed by atoms with Gasteiger partial charge in [0.2, 0.25) is 0 Å². The lowest BCUT2D eigenvalue weighted by molar-refractivity contribution is -0.920. The van der Waals surface area contributed by atoms with Gasteiger partial charge < -0.3 is 9.84 Å². The number of rotatable bonds is 9. The summed E-state index contributed by atoms with van der Waals surface area (Å²) in [5.41, 5.74) is 2.36. The highest BCUT2D eigenvalue weighted by Crippen LogP contribution is 2.16. The predicted molar refractivity (Wildman–Crippen MR) is 107 cm³/mol. The normalized spacial score (nSPS) is 14.3. The number of likely N-dealkylation sites (N-methyl/N-ethyl adjacent to an activating group) is 1. The number of carbonyl (C=O) groups excluding carboxylic acids is 1. The van der Waals surface area contributed by atoms with E-state index >= 15 is 0 Å². The number of aliphatic hydroxyl groups is 1. The van der Waals surface area contributed by atoms with Crippen LogP contribution in [-0.4, -0.2) is 49.0 Å². The molecule has 0 aliphatic carbocycles. The Labute approximate surface area is 157 Å². The molecule has 4 heteroatoms. The Hall–Kier alpha value is -2.43. The minimum absolute atomic E-state index is 0.315. The molecule has 0 saturated heterocycles. The van der Waals surface area contributed by atoms with Crippen molar-refractivity contribution in [2.24, 2.45) is 0 Å². The highest BCUT2D eigenvalue weighted by atomic mass is 16.6. The molecular weight excluding hydrogens is 326 g/mol. The lowest BCUT2D eigenvalue weighted by Gasteiger charge is -2.34. The van der Waals surface area contributed by atoms with E-state index in [1.807, 2.05) is 69.7 Å². The summed E-state index contributed by atoms with van der Waals surface area (Å²) in [6, 6.07) is 7.88. The van der Waals surface area contributed by atoms with Gasteiger partial charge in [-0.15, -0.1) is 0 Å². The zero-order valence-corrected chi connectivity index (χ0v) is 16.2. The first-order valence-corrected chi connectivity index (χ1v) is 8.57. The molecule has 1 aromatic carbocycles. The van der Waals surface area contributed by atoms with E-state index in [0.717, 1.165) is 11.1 Å². The number of ether oxygens (including phenoxy) is 1. The van der Waals surface area contributed by atoms with Crippen molar-refractivity contribution in [3.63, 3.8) is 0 Å². The van der Waals surface area contributed by atoms with Gasteiger partial charge in [-0.05, 0) is 18.1 Å². The van der Waals surface area contributed by atoms with Crippen molar-refractivity contribution in [1.29, 1.82) is 0 Å². The number of hydrogen-bond donors (Lipinski definition) is 1. The number of hydrogen-bond acceptors (Lipinski definition) is 3. The zero-order chi connectivity index (χ0) is 19.7. The SMILES string of the molecule is C=CC=CC=Cc1cccc(CC(=C)C(=O)OC(C(C)O)[N+](C)(C)C)c1. The first-order valence-electron chi connectivity index (χ1n) is 8.57. The molecule has 0 aliphatic heterocycles. The molecule has 1 aromatic rings. The number of quaternary nitrogens is 1. The smallest absolute Gasteiger partial charge is 0.338 e. The number of allylic oxidation sites excluding steroid dienone is 4. The van der Waals surface area contributed by atoms with Crippen LogP contribution in [0.1, 0.15) is 18.1 Å². The second kappa shape index (κ2) is 9.90. The van der Waals surface area contributed by atoms with Gasteiger partial charge in [0.25, 0.3) is 6.23 Å². The second-order valence-corrected chi connectivity index (χ2v) is 7.16. The number of aliphatic hydroxyl groups excluding tert-OH is 1. The molecular formula is C22H30NO3+. The molecule has 26 heavy (non-hydrogen) atoms. The summed E-state index contributed by atoms with van der Waals surface area (Å²) in [4.78, 5) is 12.4. The van der Waals surface area contributed by atoms with E-state index in [-0.39, 0.29) is 0 Å². The second-order valence-electron chi connectivity index (χ2n) is 7.16. The molecule has 0 aromatic heterocycles. The summed E-state index contributed by atoms with van der Waals surface area (Å²) in [5.74, 6) is -0.487. The maximum absolute atomic E-state index is 12.4. The summed E-state index contributed by atoms with van der Waals surface area (Å²) in [6.07, 6.45) is 8.35. The van der Waals surface area contributed by atoms with Crippen molar-refractivity contribution < 1.29 is 19.1 Å². The minimum atomic E-state index is -0.774. The van der Waals surface area contributed by atoms with E-state index in [1.54, 1.807) is 13.0 Å². The number of nitrogens with zero attached hydrogens (tertiary/aromatic N) is 1. The van der Waals surface area contributed by atoms with Crippen LogP contribution in [0.4, 0.5) is 0 Å². The number of carbonyl (C=O) groups is 1. The van der Waals surface area contributed by atoms with Gasteiger partial charge >= 0.3 is 5.97 Å². The molecule has 2 atom stereocenters. The van der Waals surface area contributed by atoms with Crippen molar-refractivity contribution in [1.82, 2.24) is 0 Å². The molecule has 0 amide bonds. The summed E-state index contributed by atoms with van der Waals surface area (Å²) >= 11 is 0. The molecule has 1 rings (SSSR count). The summed E-state index contributed by atoms with van der Waals surface area (Å²) in [5, 5.41) is 9.88. The molecule has 0 saturated carbocycles. The van der Waals surface area contributed by atoms with Crippen LogP contribution in [0.5, 0.6) is 0 Å². The monoisotopic (exact) mass is 356 g/mol. The van der Waals surface area contributed by atoms with Crippen LogP contribution in [0.25, 0.3) is 6.08 Å². The van der Waals surface area contributed by atoms with E-state index in [9.17, 15) is 9.90 Å². The number of benzene rings is 1. The molecule has 0 radical (unpaired) electrons. The van der Waals surface area contributed by atoms with Crippen LogP contribution < -0.4 is 0 Å². The first kappa shape index (κ1) is 21.6. The van der Waals surface area contributed by atoms with Gasteiger partial charge in [0.05, 0.1) is 21.1 Å². The Morgan fingerprint density at radius 2 is 1.96 bits per heavy atom. The minimum Gasteiger partial charge on any atom is -0.406 e. The Morgan fingerprint density at radius 3 is 2.54 bits per heavy atom. The van der Waals surface area contributed by atoms with Crippen LogP contribution in [0.15, 0.2) is 67.3 Å². The average molecular weight is 356 g/mol. The fourth-order valence-electron chi connectivity index (χ4n) is 2.53. The quantitative estimate of drug-likeness (QED) is 0.242. The van der Waals surface area contributed by atoms with Gasteiger partial charge in [-0.3, -0.25) is 4.48 Å². The van der Waals surface area contributed by atoms with Gasteiger partial charge in [-0.25, -0.2) is 4.79 Å². The van der Waals surface area contributed by atoms with Gasteiger partial charge in [0.15, 0.2) is 0 Å². The Balaban J connectivity index is 2.78. The summed E-state index contributed by atoms with van der Waals surface area (Å²) in [7, 11) is 5.60. The van der Waals surface area contributed by atoms with Crippen molar-refractivity contribution in [2.45, 2.75) is 25.7 Å². The van der Waals surface area contributed by atoms with Crippen molar-refractivity contribution in [3.8, 4) is 0 Å². The molecule has 0 fully saturated rings. The maximum atomic E-state index is 12.4. The standard InChI is InChI=1S/C22H30NO3/c1-7-8-9-10-12-19-13-11-14-20(16-19)15-17(2)22(25)26-21(18(3)24)23(4,5)6/h7-14,16,18,21,24H,1-2,15H2,3-6H3/q+1. The van der Waals surface area contributed by atoms with Crippen molar-refractivity contribution >= 4 is 12.0 Å². The van der Waals surface area contributed by atoms with Gasteiger partial charge in [0, 0.05) is 12.0 Å². The predicted octanol–water partition coefficient (Wildman–Crippen LogP) is 3.50. The molecule has 0 heterocycles. The lowest BCUT2D eigenvalue weighted by atomic mass is 10.0. The highest BCUT2D eigenvalue weighted by molar-refractivity contribution is 5.88. The van der Waals surface area contributed by atoms with Crippen LogP contribution >= 0.6 is 0 Å². The molecule has 1 N–H and O–H groups in total. The lowest BCUT2D eigenvalue weighted by Crippen LogP contribution is -2.53. The van der Waals surface area contributed by atoms with E-state index < -0.39 is 18.3 Å². The first-order chi connectivity index (χ1) is 12.1. The largest absolute Gasteiger partial charge is 0.406 e. The third-order valence-electron chi connectivity index (χ3n) is 3.71. The Kier molecular flexibility index (Phi) is 8.23. The molecule has 0 bridgehead atoms. The van der Waals surface area contributed by atoms with Gasteiger partial charge in [-0.1, -0.05) is 67.8 Å². The zero-order valence-electron chi connectivity index (χ0n) is 16.2. The third-order valence-corrected chi connectivity index (χ3v) is 3.71. The van der Waals surface area contributed by atoms with E-state index in [0.29, 0.717) is 16.5 Å². The fourth-order valence-corrected chi connectivity index (χ4v) is 2.53. The molecule has 140 valence electrons. The summed E-state index contributed by atoms with van der Waals surface area (Å²) in [6.45, 7) is 9.09. The van der Waals surface area contributed by atoms with Crippen LogP contribution in [0, 0.1) is 0 Å².